The van der Waals surface area contributed by atoms with Gasteiger partial charge in [-0.25, -0.2) is 0 Å². The molecule has 1 aromatic rings. The molecule has 0 radical (unpaired) electrons. The number of benzene rings is 1. The molecule has 0 amide bonds. The number of hydrogen-bond acceptors (Lipinski definition) is 2. The number of aldehydes is 1. The van der Waals surface area contributed by atoms with Gasteiger partial charge in [-0.3, -0.25) is 4.79 Å². The van der Waals surface area contributed by atoms with Crippen molar-refractivity contribution in [2.75, 3.05) is 0 Å². The molecule has 0 unspecified atom stereocenters. The van der Waals surface area contributed by atoms with Crippen molar-refractivity contribution in [2.45, 2.75) is 59.3 Å². The fourth-order valence-electron chi connectivity index (χ4n) is 2.10. The van der Waals surface area contributed by atoms with Gasteiger partial charge in [-0.2, -0.15) is 0 Å². The van der Waals surface area contributed by atoms with Crippen LogP contribution in [0.4, 0.5) is 0 Å². The average molecular weight is 262 g/mol. The molecule has 2 heteroatoms. The Balaban J connectivity index is 3.62. The van der Waals surface area contributed by atoms with Gasteiger partial charge in [0.15, 0.2) is 0 Å². The molecule has 0 saturated carbocycles. The zero-order chi connectivity index (χ0) is 15.0. The van der Waals surface area contributed by atoms with Crippen LogP contribution in [0.1, 0.15) is 70.0 Å². The zero-order valence-electron chi connectivity index (χ0n) is 13.2. The smallest absolute Gasteiger partial charge is 0.150 e. The molecule has 1 aromatic carbocycles. The van der Waals surface area contributed by atoms with Crippen molar-refractivity contribution in [1.82, 2.24) is 0 Å². The first-order valence-electron chi connectivity index (χ1n) is 6.85. The quantitative estimate of drug-likeness (QED) is 0.818. The van der Waals surface area contributed by atoms with Crippen molar-refractivity contribution in [3.63, 3.8) is 0 Å². The van der Waals surface area contributed by atoms with Gasteiger partial charge in [-0.05, 0) is 28.9 Å². The van der Waals surface area contributed by atoms with Crippen LogP contribution in [0.15, 0.2) is 12.1 Å². The molecular formula is C17H26O2. The molecule has 2 nitrogen and oxygen atoms in total. The second kappa shape index (κ2) is 4.99. The van der Waals surface area contributed by atoms with E-state index in [1.54, 1.807) is 6.07 Å². The molecule has 0 spiro atoms. The minimum atomic E-state index is -0.190. The van der Waals surface area contributed by atoms with Gasteiger partial charge >= 0.3 is 0 Å². The van der Waals surface area contributed by atoms with Crippen LogP contribution in [0.5, 0.6) is 5.75 Å². The summed E-state index contributed by atoms with van der Waals surface area (Å²) in [4.78, 5) is 11.2. The second-order valence-electron chi connectivity index (χ2n) is 7.21. The minimum absolute atomic E-state index is 0.177. The van der Waals surface area contributed by atoms with E-state index in [9.17, 15) is 9.90 Å². The van der Waals surface area contributed by atoms with Gasteiger partial charge in [0.2, 0.25) is 0 Å². The monoisotopic (exact) mass is 262 g/mol. The highest BCUT2D eigenvalue weighted by Gasteiger charge is 2.31. The first-order chi connectivity index (χ1) is 8.51. The van der Waals surface area contributed by atoms with E-state index in [1.807, 2.05) is 26.8 Å². The molecule has 0 aliphatic carbocycles. The summed E-state index contributed by atoms with van der Waals surface area (Å²) in [5, 5.41) is 10.6. The van der Waals surface area contributed by atoms with Gasteiger partial charge in [-0.1, -0.05) is 48.5 Å². The van der Waals surface area contributed by atoms with Crippen LogP contribution in [0, 0.1) is 5.92 Å². The van der Waals surface area contributed by atoms with Crippen LogP contribution >= 0.6 is 0 Å². The molecule has 0 aromatic heterocycles. The molecule has 19 heavy (non-hydrogen) atoms. The summed E-state index contributed by atoms with van der Waals surface area (Å²) in [6.07, 6.45) is 0.856. The SMILES string of the molecule is CC(C)C(C)(C)c1cc(C=O)cc(C(C)(C)C)c1O. The Morgan fingerprint density at radius 1 is 1.05 bits per heavy atom. The fraction of sp³-hybridized carbons (Fsp3) is 0.588. The molecule has 0 aliphatic heterocycles. The lowest BCUT2D eigenvalue weighted by molar-refractivity contribution is 0.112. The van der Waals surface area contributed by atoms with Crippen LogP contribution in [-0.2, 0) is 10.8 Å². The number of phenolic OH excluding ortho intramolecular Hbond substituents is 1. The maximum absolute atomic E-state index is 11.2. The molecule has 0 heterocycles. The molecule has 0 bridgehead atoms. The number of hydrogen-bond donors (Lipinski definition) is 1. The van der Waals surface area contributed by atoms with E-state index < -0.39 is 0 Å². The van der Waals surface area contributed by atoms with E-state index in [0.717, 1.165) is 17.4 Å². The summed E-state index contributed by atoms with van der Waals surface area (Å²) in [6, 6.07) is 3.61. The Bertz CT molecular complexity index is 477. The van der Waals surface area contributed by atoms with E-state index in [2.05, 4.69) is 27.7 Å². The second-order valence-corrected chi connectivity index (χ2v) is 7.21. The summed E-state index contributed by atoms with van der Waals surface area (Å²) < 4.78 is 0. The highest BCUT2D eigenvalue weighted by atomic mass is 16.3. The minimum Gasteiger partial charge on any atom is -0.507 e. The Morgan fingerprint density at radius 3 is 1.89 bits per heavy atom. The summed E-state index contributed by atoms with van der Waals surface area (Å²) >= 11 is 0. The molecule has 1 N–H and O–H groups in total. The first kappa shape index (κ1) is 15.7. The molecule has 0 fully saturated rings. The third-order valence-electron chi connectivity index (χ3n) is 4.21. The number of aromatic hydroxyl groups is 1. The predicted molar refractivity (Wildman–Crippen MR) is 80.1 cm³/mol. The van der Waals surface area contributed by atoms with Crippen molar-refractivity contribution in [1.29, 1.82) is 0 Å². The number of carbonyl (C=O) groups is 1. The lowest BCUT2D eigenvalue weighted by atomic mass is 9.72. The van der Waals surface area contributed by atoms with Gasteiger partial charge in [0.25, 0.3) is 0 Å². The van der Waals surface area contributed by atoms with Crippen LogP contribution in [0.2, 0.25) is 0 Å². The van der Waals surface area contributed by atoms with Gasteiger partial charge in [-0.15, -0.1) is 0 Å². The molecule has 0 saturated heterocycles. The average Bonchev–Trinajstić information content (AvgIpc) is 2.27. The van der Waals surface area contributed by atoms with E-state index in [1.165, 1.54) is 0 Å². The van der Waals surface area contributed by atoms with Gasteiger partial charge < -0.3 is 5.11 Å². The number of carbonyl (C=O) groups excluding carboxylic acids is 1. The van der Waals surface area contributed by atoms with Crippen LogP contribution in [0.25, 0.3) is 0 Å². The lowest BCUT2D eigenvalue weighted by Crippen LogP contribution is -2.26. The Morgan fingerprint density at radius 2 is 1.53 bits per heavy atom. The van der Waals surface area contributed by atoms with Crippen molar-refractivity contribution < 1.29 is 9.90 Å². The standard InChI is InChI=1S/C17H26O2/c1-11(2)17(6,7)14-9-12(10-18)8-13(15(14)19)16(3,4)5/h8-11,19H,1-7H3. The van der Waals surface area contributed by atoms with Crippen molar-refractivity contribution in [3.05, 3.63) is 28.8 Å². The van der Waals surface area contributed by atoms with Crippen molar-refractivity contribution in [3.8, 4) is 5.75 Å². The van der Waals surface area contributed by atoms with Gasteiger partial charge in [0.1, 0.15) is 12.0 Å². The Kier molecular flexibility index (Phi) is 4.14. The maximum Gasteiger partial charge on any atom is 0.150 e. The van der Waals surface area contributed by atoms with E-state index in [0.29, 0.717) is 17.2 Å². The van der Waals surface area contributed by atoms with Gasteiger partial charge in [0.05, 0.1) is 0 Å². The maximum atomic E-state index is 11.2. The highest BCUT2D eigenvalue weighted by molar-refractivity contribution is 5.77. The van der Waals surface area contributed by atoms with Crippen molar-refractivity contribution >= 4 is 6.29 Å². The predicted octanol–water partition coefficient (Wildman–Crippen LogP) is 4.44. The summed E-state index contributed by atoms with van der Waals surface area (Å²) in [5.41, 5.74) is 1.96. The van der Waals surface area contributed by atoms with E-state index >= 15 is 0 Å². The van der Waals surface area contributed by atoms with Gasteiger partial charge in [0, 0.05) is 16.7 Å². The molecule has 106 valence electrons. The van der Waals surface area contributed by atoms with E-state index in [-0.39, 0.29) is 10.8 Å². The Labute approximate surface area is 116 Å². The van der Waals surface area contributed by atoms with Crippen LogP contribution < -0.4 is 0 Å². The largest absolute Gasteiger partial charge is 0.507 e. The third-order valence-corrected chi connectivity index (χ3v) is 4.21. The zero-order valence-corrected chi connectivity index (χ0v) is 13.2. The van der Waals surface area contributed by atoms with Crippen molar-refractivity contribution in [2.24, 2.45) is 5.92 Å². The van der Waals surface area contributed by atoms with Crippen LogP contribution in [0.3, 0.4) is 0 Å². The molecular weight excluding hydrogens is 236 g/mol. The third kappa shape index (κ3) is 2.99. The number of phenols is 1. The molecule has 1 rings (SSSR count). The topological polar surface area (TPSA) is 37.3 Å². The number of rotatable bonds is 3. The van der Waals surface area contributed by atoms with E-state index in [4.69, 9.17) is 0 Å². The summed E-state index contributed by atoms with van der Waals surface area (Å²) in [5.74, 6) is 0.699. The molecule has 0 atom stereocenters. The Hall–Kier alpha value is -1.31. The molecule has 0 aliphatic rings. The fourth-order valence-corrected chi connectivity index (χ4v) is 2.10. The summed E-state index contributed by atoms with van der Waals surface area (Å²) in [6.45, 7) is 14.6. The first-order valence-corrected chi connectivity index (χ1v) is 6.85. The highest BCUT2D eigenvalue weighted by Crippen LogP contribution is 2.42. The summed E-state index contributed by atoms with van der Waals surface area (Å²) in [7, 11) is 0. The lowest BCUT2D eigenvalue weighted by Gasteiger charge is -2.33. The normalized spacial score (nSPS) is 12.8. The van der Waals surface area contributed by atoms with Crippen LogP contribution in [-0.4, -0.2) is 11.4 Å².